The number of amides is 1. The van der Waals surface area contributed by atoms with Crippen molar-refractivity contribution in [2.45, 2.75) is 19.4 Å². The highest BCUT2D eigenvalue weighted by molar-refractivity contribution is 14.1. The summed E-state index contributed by atoms with van der Waals surface area (Å²) in [7, 11) is 0. The molecular weight excluding hydrogens is 333 g/mol. The summed E-state index contributed by atoms with van der Waals surface area (Å²) < 4.78 is 1.06. The van der Waals surface area contributed by atoms with Crippen molar-refractivity contribution in [3.05, 3.63) is 0 Å². The summed E-state index contributed by atoms with van der Waals surface area (Å²) in [5.41, 5.74) is 0. The van der Waals surface area contributed by atoms with Gasteiger partial charge in [0, 0.05) is 28.3 Å². The number of alkyl halides is 2. The monoisotopic (exact) mass is 345 g/mol. The number of hydrogen-bond donors (Lipinski definition) is 0. The third-order valence-electron chi connectivity index (χ3n) is 2.27. The van der Waals surface area contributed by atoms with Crippen molar-refractivity contribution in [3.63, 3.8) is 0 Å². The molecule has 1 amide bonds. The average Bonchev–Trinajstić information content (AvgIpc) is 2.33. The second kappa shape index (κ2) is 4.79. The average molecular weight is 346 g/mol. The van der Waals surface area contributed by atoms with Crippen LogP contribution >= 0.6 is 38.5 Å². The molecule has 0 radical (unpaired) electrons. The van der Waals surface area contributed by atoms with Gasteiger partial charge in [0.15, 0.2) is 0 Å². The highest BCUT2D eigenvalue weighted by atomic mass is 127. The predicted octanol–water partition coefficient (Wildman–Crippen LogP) is 2.05. The standard InChI is InChI=1S/C8H13BrINO/c1-6-4-7(5-10)11(3-2-9)8(6)12/h6-7H,2-5H2,1H3. The lowest BCUT2D eigenvalue weighted by molar-refractivity contribution is -0.131. The first-order valence-corrected chi connectivity index (χ1v) is 6.77. The second-order valence-electron chi connectivity index (χ2n) is 3.17. The maximum absolute atomic E-state index is 11.6. The van der Waals surface area contributed by atoms with E-state index in [9.17, 15) is 4.79 Å². The smallest absolute Gasteiger partial charge is 0.225 e. The number of halogens is 2. The molecule has 2 atom stereocenters. The normalized spacial score (nSPS) is 29.9. The molecule has 1 heterocycles. The maximum atomic E-state index is 11.6. The van der Waals surface area contributed by atoms with Crippen LogP contribution in [-0.2, 0) is 4.79 Å². The SMILES string of the molecule is CC1CC(CI)N(CCBr)C1=O. The summed E-state index contributed by atoms with van der Waals surface area (Å²) in [5.74, 6) is 0.569. The number of nitrogens with zero attached hydrogens (tertiary/aromatic N) is 1. The molecule has 0 N–H and O–H groups in total. The van der Waals surface area contributed by atoms with E-state index < -0.39 is 0 Å². The van der Waals surface area contributed by atoms with Crippen molar-refractivity contribution in [2.24, 2.45) is 5.92 Å². The second-order valence-corrected chi connectivity index (χ2v) is 4.84. The predicted molar refractivity (Wildman–Crippen MR) is 62.0 cm³/mol. The van der Waals surface area contributed by atoms with E-state index in [0.717, 1.165) is 22.7 Å². The van der Waals surface area contributed by atoms with Crippen molar-refractivity contribution >= 4 is 44.4 Å². The molecule has 70 valence electrons. The molecule has 0 saturated carbocycles. The zero-order valence-electron chi connectivity index (χ0n) is 7.09. The molecule has 1 aliphatic heterocycles. The van der Waals surface area contributed by atoms with E-state index in [2.05, 4.69) is 38.5 Å². The van der Waals surface area contributed by atoms with Crippen LogP contribution < -0.4 is 0 Å². The van der Waals surface area contributed by atoms with Crippen LogP contribution in [0.25, 0.3) is 0 Å². The molecule has 0 bridgehead atoms. The first kappa shape index (κ1) is 10.8. The molecule has 1 fully saturated rings. The van der Waals surface area contributed by atoms with Gasteiger partial charge < -0.3 is 4.90 Å². The van der Waals surface area contributed by atoms with Gasteiger partial charge in [-0.15, -0.1) is 0 Å². The summed E-state index contributed by atoms with van der Waals surface area (Å²) in [5, 5.41) is 0.888. The van der Waals surface area contributed by atoms with Gasteiger partial charge in [0.25, 0.3) is 0 Å². The third kappa shape index (κ3) is 2.13. The maximum Gasteiger partial charge on any atom is 0.225 e. The molecule has 1 rings (SSSR count). The van der Waals surface area contributed by atoms with Crippen LogP contribution in [0.3, 0.4) is 0 Å². The first-order valence-electron chi connectivity index (χ1n) is 4.13. The van der Waals surface area contributed by atoms with Gasteiger partial charge in [-0.05, 0) is 6.42 Å². The zero-order chi connectivity index (χ0) is 9.14. The molecule has 2 nitrogen and oxygen atoms in total. The quantitative estimate of drug-likeness (QED) is 0.566. The van der Waals surface area contributed by atoms with Crippen LogP contribution in [0, 0.1) is 5.92 Å². The Bertz CT molecular complexity index is 176. The van der Waals surface area contributed by atoms with Gasteiger partial charge >= 0.3 is 0 Å². The Morgan fingerprint density at radius 1 is 1.75 bits per heavy atom. The van der Waals surface area contributed by atoms with E-state index >= 15 is 0 Å². The van der Waals surface area contributed by atoms with Crippen LogP contribution in [0.5, 0.6) is 0 Å². The van der Waals surface area contributed by atoms with Crippen LogP contribution in [-0.4, -0.2) is 33.2 Å². The lowest BCUT2D eigenvalue weighted by atomic mass is 10.1. The molecule has 1 aliphatic rings. The van der Waals surface area contributed by atoms with Crippen molar-refractivity contribution in [3.8, 4) is 0 Å². The van der Waals surface area contributed by atoms with E-state index in [1.165, 1.54) is 0 Å². The van der Waals surface area contributed by atoms with E-state index in [1.807, 2.05) is 11.8 Å². The van der Waals surface area contributed by atoms with Gasteiger partial charge in [-0.1, -0.05) is 45.4 Å². The van der Waals surface area contributed by atoms with Gasteiger partial charge in [-0.3, -0.25) is 4.79 Å². The van der Waals surface area contributed by atoms with Gasteiger partial charge in [0.2, 0.25) is 5.91 Å². The summed E-state index contributed by atoms with van der Waals surface area (Å²) >= 11 is 5.72. The summed E-state index contributed by atoms with van der Waals surface area (Å²) in [4.78, 5) is 13.6. The molecule has 1 saturated heterocycles. The number of rotatable bonds is 3. The van der Waals surface area contributed by atoms with Crippen LogP contribution in [0.2, 0.25) is 0 Å². The highest BCUT2D eigenvalue weighted by Gasteiger charge is 2.35. The van der Waals surface area contributed by atoms with Crippen LogP contribution in [0.1, 0.15) is 13.3 Å². The fourth-order valence-electron chi connectivity index (χ4n) is 1.63. The third-order valence-corrected chi connectivity index (χ3v) is 3.65. The van der Waals surface area contributed by atoms with Crippen molar-refractivity contribution in [1.29, 1.82) is 0 Å². The molecule has 2 unspecified atom stereocenters. The van der Waals surface area contributed by atoms with Gasteiger partial charge in [-0.2, -0.15) is 0 Å². The first-order chi connectivity index (χ1) is 5.70. The Labute approximate surface area is 95.3 Å². The van der Waals surface area contributed by atoms with Crippen LogP contribution in [0.4, 0.5) is 0 Å². The molecule has 0 aromatic carbocycles. The van der Waals surface area contributed by atoms with Crippen molar-refractivity contribution < 1.29 is 4.79 Å². The van der Waals surface area contributed by atoms with E-state index in [0.29, 0.717) is 11.9 Å². The summed E-state index contributed by atoms with van der Waals surface area (Å²) in [6.45, 7) is 2.88. The minimum atomic E-state index is 0.240. The van der Waals surface area contributed by atoms with Gasteiger partial charge in [-0.25, -0.2) is 0 Å². The summed E-state index contributed by atoms with van der Waals surface area (Å²) in [6, 6.07) is 0.477. The molecule has 4 heteroatoms. The fraction of sp³-hybridized carbons (Fsp3) is 0.875. The minimum absolute atomic E-state index is 0.240. The topological polar surface area (TPSA) is 20.3 Å². The number of hydrogen-bond acceptors (Lipinski definition) is 1. The Kier molecular flexibility index (Phi) is 4.29. The lowest BCUT2D eigenvalue weighted by Crippen LogP contribution is -2.36. The molecule has 12 heavy (non-hydrogen) atoms. The van der Waals surface area contributed by atoms with Gasteiger partial charge in [0.05, 0.1) is 0 Å². The Hall–Kier alpha value is 0.680. The molecule has 0 aromatic heterocycles. The van der Waals surface area contributed by atoms with Gasteiger partial charge in [0.1, 0.15) is 0 Å². The Morgan fingerprint density at radius 2 is 2.42 bits per heavy atom. The van der Waals surface area contributed by atoms with E-state index in [1.54, 1.807) is 0 Å². The van der Waals surface area contributed by atoms with Crippen LogP contribution in [0.15, 0.2) is 0 Å². The fourth-order valence-corrected chi connectivity index (χ4v) is 2.85. The van der Waals surface area contributed by atoms with Crippen molar-refractivity contribution in [1.82, 2.24) is 4.90 Å². The highest BCUT2D eigenvalue weighted by Crippen LogP contribution is 2.25. The molecule has 0 spiro atoms. The lowest BCUT2D eigenvalue weighted by Gasteiger charge is -2.21. The number of likely N-dealkylation sites (tertiary alicyclic amines) is 1. The number of carbonyl (C=O) groups is 1. The number of carbonyl (C=O) groups excluding carboxylic acids is 1. The van der Waals surface area contributed by atoms with E-state index in [4.69, 9.17) is 0 Å². The van der Waals surface area contributed by atoms with Crippen molar-refractivity contribution in [2.75, 3.05) is 16.3 Å². The van der Waals surface area contributed by atoms with E-state index in [-0.39, 0.29) is 5.92 Å². The molecule has 0 aliphatic carbocycles. The summed E-state index contributed by atoms with van der Waals surface area (Å²) in [6.07, 6.45) is 1.04. The largest absolute Gasteiger partial charge is 0.338 e. The molecular formula is C8H13BrINO. The Balaban J connectivity index is 2.60. The zero-order valence-corrected chi connectivity index (χ0v) is 10.8. The Morgan fingerprint density at radius 3 is 2.92 bits per heavy atom. The minimum Gasteiger partial charge on any atom is -0.338 e. The molecule has 0 aromatic rings.